The van der Waals surface area contributed by atoms with E-state index in [9.17, 15) is 4.39 Å². The minimum absolute atomic E-state index is 0.185. The molecule has 1 unspecified atom stereocenters. The smallest absolute Gasteiger partial charge is 0.123 e. The molecule has 0 aliphatic heterocycles. The van der Waals surface area contributed by atoms with Crippen molar-refractivity contribution in [1.82, 2.24) is 15.1 Å². The van der Waals surface area contributed by atoms with Crippen molar-refractivity contribution in [3.63, 3.8) is 0 Å². The second-order valence-electron chi connectivity index (χ2n) is 4.50. The number of hydrogen-bond acceptors (Lipinski definition) is 2. The Kier molecular flexibility index (Phi) is 4.10. The van der Waals surface area contributed by atoms with E-state index in [1.807, 2.05) is 31.6 Å². The molecule has 96 valence electrons. The van der Waals surface area contributed by atoms with Gasteiger partial charge in [-0.25, -0.2) is 4.39 Å². The maximum absolute atomic E-state index is 12.7. The van der Waals surface area contributed by atoms with Gasteiger partial charge in [0.1, 0.15) is 5.82 Å². The molecule has 0 aliphatic carbocycles. The molecule has 18 heavy (non-hydrogen) atoms. The highest BCUT2D eigenvalue weighted by atomic mass is 19.1. The van der Waals surface area contributed by atoms with Gasteiger partial charge in [-0.3, -0.25) is 4.68 Å². The number of nitrogens with zero attached hydrogens (tertiary/aromatic N) is 2. The summed E-state index contributed by atoms with van der Waals surface area (Å²) >= 11 is 0. The lowest BCUT2D eigenvalue weighted by atomic mass is 10.1. The van der Waals surface area contributed by atoms with Crippen LogP contribution in [0, 0.1) is 5.82 Å². The number of benzene rings is 1. The maximum Gasteiger partial charge on any atom is 0.123 e. The van der Waals surface area contributed by atoms with Crippen LogP contribution in [-0.4, -0.2) is 16.3 Å². The van der Waals surface area contributed by atoms with Crippen LogP contribution in [0.15, 0.2) is 36.7 Å². The predicted octanol–water partition coefficient (Wildman–Crippen LogP) is 2.45. The lowest BCUT2D eigenvalue weighted by Gasteiger charge is -2.11. The van der Waals surface area contributed by atoms with Crippen LogP contribution in [0.1, 0.15) is 24.1 Å². The van der Waals surface area contributed by atoms with Crippen LogP contribution < -0.4 is 5.32 Å². The first-order chi connectivity index (χ1) is 8.65. The topological polar surface area (TPSA) is 29.9 Å². The van der Waals surface area contributed by atoms with Gasteiger partial charge in [0.15, 0.2) is 0 Å². The van der Waals surface area contributed by atoms with E-state index in [-0.39, 0.29) is 11.9 Å². The quantitative estimate of drug-likeness (QED) is 0.879. The summed E-state index contributed by atoms with van der Waals surface area (Å²) in [5.41, 5.74) is 2.32. The Morgan fingerprint density at radius 2 is 2.06 bits per heavy atom. The molecule has 1 atom stereocenters. The van der Waals surface area contributed by atoms with Gasteiger partial charge in [0.2, 0.25) is 0 Å². The Morgan fingerprint density at radius 3 is 2.67 bits per heavy atom. The van der Waals surface area contributed by atoms with Crippen molar-refractivity contribution >= 4 is 0 Å². The Balaban J connectivity index is 1.80. The lowest BCUT2D eigenvalue weighted by molar-refractivity contribution is 0.575. The van der Waals surface area contributed by atoms with Gasteiger partial charge in [0.25, 0.3) is 0 Å². The van der Waals surface area contributed by atoms with Gasteiger partial charge >= 0.3 is 0 Å². The highest BCUT2D eigenvalue weighted by molar-refractivity contribution is 5.16. The third kappa shape index (κ3) is 3.40. The molecule has 0 amide bonds. The molecule has 4 heteroatoms. The standard InChI is InChI=1S/C14H18FN3/c1-11(13-9-17-18(2)10-13)16-8-7-12-3-5-14(15)6-4-12/h3-6,9-11,16H,7-8H2,1-2H3. The van der Waals surface area contributed by atoms with E-state index in [1.54, 1.807) is 4.68 Å². The number of aryl methyl sites for hydroxylation is 1. The summed E-state index contributed by atoms with van der Waals surface area (Å²) < 4.78 is 14.5. The molecule has 1 N–H and O–H groups in total. The third-order valence-electron chi connectivity index (χ3n) is 3.00. The van der Waals surface area contributed by atoms with E-state index in [0.717, 1.165) is 18.5 Å². The zero-order valence-corrected chi connectivity index (χ0v) is 10.7. The molecule has 0 bridgehead atoms. The van der Waals surface area contributed by atoms with E-state index >= 15 is 0 Å². The maximum atomic E-state index is 12.7. The van der Waals surface area contributed by atoms with Gasteiger partial charge < -0.3 is 5.32 Å². The first-order valence-electron chi connectivity index (χ1n) is 6.11. The predicted molar refractivity (Wildman–Crippen MR) is 69.7 cm³/mol. The van der Waals surface area contributed by atoms with Crippen molar-refractivity contribution in [1.29, 1.82) is 0 Å². The second kappa shape index (κ2) is 5.78. The summed E-state index contributed by atoms with van der Waals surface area (Å²) in [6, 6.07) is 6.93. The van der Waals surface area contributed by atoms with E-state index in [4.69, 9.17) is 0 Å². The molecule has 1 aromatic carbocycles. The normalized spacial score (nSPS) is 12.6. The minimum Gasteiger partial charge on any atom is -0.310 e. The Bertz CT molecular complexity index is 490. The average Bonchev–Trinajstić information content (AvgIpc) is 2.78. The van der Waals surface area contributed by atoms with Crippen molar-refractivity contribution in [2.75, 3.05) is 6.54 Å². The number of nitrogens with one attached hydrogen (secondary N) is 1. The number of halogens is 1. The molecule has 0 aliphatic rings. The van der Waals surface area contributed by atoms with Crippen molar-refractivity contribution in [2.24, 2.45) is 7.05 Å². The summed E-state index contributed by atoms with van der Waals surface area (Å²) in [6.45, 7) is 2.98. The summed E-state index contributed by atoms with van der Waals surface area (Å²) in [6.07, 6.45) is 4.77. The molecule has 2 rings (SSSR count). The lowest BCUT2D eigenvalue weighted by Crippen LogP contribution is -2.21. The molecule has 0 radical (unpaired) electrons. The van der Waals surface area contributed by atoms with Gasteiger partial charge in [0, 0.05) is 24.8 Å². The first-order valence-corrected chi connectivity index (χ1v) is 6.11. The monoisotopic (exact) mass is 247 g/mol. The molecule has 2 aromatic rings. The van der Waals surface area contributed by atoms with Gasteiger partial charge in [-0.15, -0.1) is 0 Å². The Labute approximate surface area is 107 Å². The van der Waals surface area contributed by atoms with Crippen LogP contribution in [-0.2, 0) is 13.5 Å². The van der Waals surface area contributed by atoms with Gasteiger partial charge in [-0.1, -0.05) is 12.1 Å². The van der Waals surface area contributed by atoms with Crippen LogP contribution in [0.5, 0.6) is 0 Å². The fourth-order valence-electron chi connectivity index (χ4n) is 1.87. The van der Waals surface area contributed by atoms with Crippen molar-refractivity contribution in [3.05, 3.63) is 53.6 Å². The van der Waals surface area contributed by atoms with E-state index in [0.29, 0.717) is 0 Å². The number of hydrogen-bond donors (Lipinski definition) is 1. The summed E-state index contributed by atoms with van der Waals surface area (Å²) in [7, 11) is 1.91. The molecule has 1 heterocycles. The van der Waals surface area contributed by atoms with Crippen LogP contribution in [0.25, 0.3) is 0 Å². The Morgan fingerprint density at radius 1 is 1.33 bits per heavy atom. The zero-order chi connectivity index (χ0) is 13.0. The van der Waals surface area contributed by atoms with Gasteiger partial charge in [-0.05, 0) is 37.6 Å². The van der Waals surface area contributed by atoms with Crippen LogP contribution in [0.3, 0.4) is 0 Å². The minimum atomic E-state index is -0.185. The number of rotatable bonds is 5. The molecule has 0 fully saturated rings. The van der Waals surface area contributed by atoms with E-state index in [2.05, 4.69) is 17.3 Å². The molecule has 0 saturated heterocycles. The van der Waals surface area contributed by atoms with Crippen molar-refractivity contribution in [3.8, 4) is 0 Å². The van der Waals surface area contributed by atoms with Crippen molar-refractivity contribution < 1.29 is 4.39 Å². The molecule has 3 nitrogen and oxygen atoms in total. The molecule has 0 spiro atoms. The molecular weight excluding hydrogens is 229 g/mol. The van der Waals surface area contributed by atoms with Crippen LogP contribution in [0.4, 0.5) is 4.39 Å². The van der Waals surface area contributed by atoms with E-state index < -0.39 is 0 Å². The van der Waals surface area contributed by atoms with Gasteiger partial charge in [-0.2, -0.15) is 5.10 Å². The van der Waals surface area contributed by atoms with E-state index in [1.165, 1.54) is 17.7 Å². The van der Waals surface area contributed by atoms with Crippen molar-refractivity contribution in [2.45, 2.75) is 19.4 Å². The SMILES string of the molecule is CC(NCCc1ccc(F)cc1)c1cnn(C)c1. The highest BCUT2D eigenvalue weighted by Crippen LogP contribution is 2.10. The van der Waals surface area contributed by atoms with Crippen LogP contribution >= 0.6 is 0 Å². The molecule has 0 saturated carbocycles. The first kappa shape index (κ1) is 12.8. The average molecular weight is 247 g/mol. The second-order valence-corrected chi connectivity index (χ2v) is 4.50. The summed E-state index contributed by atoms with van der Waals surface area (Å²) in [5.74, 6) is -0.185. The third-order valence-corrected chi connectivity index (χ3v) is 3.00. The van der Waals surface area contributed by atoms with Crippen LogP contribution in [0.2, 0.25) is 0 Å². The zero-order valence-electron chi connectivity index (χ0n) is 10.7. The fourth-order valence-corrected chi connectivity index (χ4v) is 1.87. The fraction of sp³-hybridized carbons (Fsp3) is 0.357. The largest absolute Gasteiger partial charge is 0.310 e. The molecular formula is C14H18FN3. The highest BCUT2D eigenvalue weighted by Gasteiger charge is 2.06. The number of aromatic nitrogens is 2. The summed E-state index contributed by atoms with van der Waals surface area (Å²) in [5, 5.41) is 7.58. The van der Waals surface area contributed by atoms with Gasteiger partial charge in [0.05, 0.1) is 6.20 Å². The summed E-state index contributed by atoms with van der Waals surface area (Å²) in [4.78, 5) is 0. The Hall–Kier alpha value is -1.68. The molecule has 1 aromatic heterocycles.